The second kappa shape index (κ2) is 9.80. The topological polar surface area (TPSA) is 97.8 Å². The molecule has 1 atom stereocenters. The molecule has 0 aliphatic carbocycles. The van der Waals surface area contributed by atoms with Crippen LogP contribution in [0.15, 0.2) is 48.7 Å². The Labute approximate surface area is 175 Å². The lowest BCUT2D eigenvalue weighted by Gasteiger charge is -2.15. The maximum absolute atomic E-state index is 10.4. The number of hydrogen-bond donors (Lipinski definition) is 3. The second-order valence-corrected chi connectivity index (χ2v) is 6.61. The molecule has 1 aromatic heterocycles. The van der Waals surface area contributed by atoms with Crippen LogP contribution in [0, 0.1) is 6.92 Å². The van der Waals surface area contributed by atoms with Gasteiger partial charge in [-0.25, -0.2) is 4.98 Å². The first-order valence-corrected chi connectivity index (χ1v) is 9.42. The Morgan fingerprint density at radius 3 is 2.23 bits per heavy atom. The number of aryl methyl sites for hydroxylation is 1. The van der Waals surface area contributed by atoms with Gasteiger partial charge in [-0.3, -0.25) is 0 Å². The van der Waals surface area contributed by atoms with Crippen molar-refractivity contribution in [3.63, 3.8) is 0 Å². The van der Waals surface area contributed by atoms with Gasteiger partial charge in [0.05, 0.1) is 27.4 Å². The lowest BCUT2D eigenvalue weighted by atomic mass is 10.1. The summed E-state index contributed by atoms with van der Waals surface area (Å²) in [7, 11) is 4.67. The molecule has 0 amide bonds. The van der Waals surface area contributed by atoms with Gasteiger partial charge in [0.2, 0.25) is 11.7 Å². The van der Waals surface area contributed by atoms with E-state index in [4.69, 9.17) is 14.2 Å². The van der Waals surface area contributed by atoms with Gasteiger partial charge >= 0.3 is 0 Å². The summed E-state index contributed by atoms with van der Waals surface area (Å²) in [6.45, 7) is 2.33. The van der Waals surface area contributed by atoms with Crippen molar-refractivity contribution in [3.05, 3.63) is 59.8 Å². The fraction of sp³-hybridized carbons (Fsp3) is 0.273. The highest BCUT2D eigenvalue weighted by molar-refractivity contribution is 5.66. The van der Waals surface area contributed by atoms with Gasteiger partial charge in [0.25, 0.3) is 0 Å². The summed E-state index contributed by atoms with van der Waals surface area (Å²) in [5, 5.41) is 16.6. The number of methoxy groups -OCH3 is 3. The van der Waals surface area contributed by atoms with Crippen molar-refractivity contribution in [2.75, 3.05) is 38.5 Å². The molecule has 3 rings (SSSR count). The Morgan fingerprint density at radius 2 is 1.63 bits per heavy atom. The highest BCUT2D eigenvalue weighted by atomic mass is 16.5. The van der Waals surface area contributed by atoms with Gasteiger partial charge in [-0.1, -0.05) is 29.8 Å². The van der Waals surface area contributed by atoms with Crippen molar-refractivity contribution < 1.29 is 19.3 Å². The molecule has 1 heterocycles. The average Bonchev–Trinajstić information content (AvgIpc) is 2.77. The lowest BCUT2D eigenvalue weighted by molar-refractivity contribution is 0.191. The van der Waals surface area contributed by atoms with Crippen molar-refractivity contribution in [1.29, 1.82) is 0 Å². The van der Waals surface area contributed by atoms with E-state index < -0.39 is 6.10 Å². The minimum atomic E-state index is -0.646. The van der Waals surface area contributed by atoms with Crippen LogP contribution in [-0.2, 0) is 0 Å². The smallest absolute Gasteiger partial charge is 0.229 e. The van der Waals surface area contributed by atoms with E-state index in [2.05, 4.69) is 20.6 Å². The highest BCUT2D eigenvalue weighted by Gasteiger charge is 2.14. The molecule has 8 heteroatoms. The molecule has 0 aliphatic rings. The van der Waals surface area contributed by atoms with Crippen molar-refractivity contribution >= 4 is 17.5 Å². The largest absolute Gasteiger partial charge is 0.493 e. The van der Waals surface area contributed by atoms with Gasteiger partial charge in [0.15, 0.2) is 11.5 Å². The molecule has 158 valence electrons. The molecule has 0 saturated heterocycles. The Balaban J connectivity index is 1.70. The van der Waals surface area contributed by atoms with Crippen LogP contribution in [-0.4, -0.2) is 42.9 Å². The van der Waals surface area contributed by atoms with E-state index in [1.54, 1.807) is 45.7 Å². The zero-order valence-electron chi connectivity index (χ0n) is 17.5. The molecular weight excluding hydrogens is 384 g/mol. The number of anilines is 3. The maximum atomic E-state index is 10.4. The monoisotopic (exact) mass is 410 g/mol. The average molecular weight is 410 g/mol. The Kier molecular flexibility index (Phi) is 6.92. The van der Waals surface area contributed by atoms with Crippen LogP contribution in [0.3, 0.4) is 0 Å². The van der Waals surface area contributed by atoms with E-state index in [-0.39, 0.29) is 0 Å². The molecule has 1 unspecified atom stereocenters. The van der Waals surface area contributed by atoms with Crippen LogP contribution in [0.25, 0.3) is 0 Å². The SMILES string of the molecule is COc1cc(Nc2nccc(NCC(O)c3ccc(C)cc3)n2)cc(OC)c1OC. The number of nitrogens with zero attached hydrogens (tertiary/aromatic N) is 2. The molecule has 3 aromatic rings. The minimum absolute atomic E-state index is 0.323. The Bertz CT molecular complexity index is 954. The number of ether oxygens (including phenoxy) is 3. The predicted octanol–water partition coefficient (Wildman–Crippen LogP) is 3.70. The van der Waals surface area contributed by atoms with Gasteiger partial charge < -0.3 is 30.0 Å². The maximum Gasteiger partial charge on any atom is 0.229 e. The van der Waals surface area contributed by atoms with E-state index >= 15 is 0 Å². The zero-order valence-corrected chi connectivity index (χ0v) is 17.5. The minimum Gasteiger partial charge on any atom is -0.493 e. The van der Waals surface area contributed by atoms with E-state index in [0.717, 1.165) is 11.1 Å². The predicted molar refractivity (Wildman–Crippen MR) is 116 cm³/mol. The van der Waals surface area contributed by atoms with Gasteiger partial charge in [0.1, 0.15) is 5.82 Å². The first-order chi connectivity index (χ1) is 14.5. The van der Waals surface area contributed by atoms with Crippen LogP contribution in [0.1, 0.15) is 17.2 Å². The van der Waals surface area contributed by atoms with Crippen LogP contribution in [0.2, 0.25) is 0 Å². The molecule has 0 fully saturated rings. The standard InChI is InChI=1S/C22H26N4O4/c1-14-5-7-15(8-6-14)17(27)13-24-20-9-10-23-22(26-20)25-16-11-18(28-2)21(30-4)19(12-16)29-3/h5-12,17,27H,13H2,1-4H3,(H2,23,24,25,26). The quantitative estimate of drug-likeness (QED) is 0.491. The molecule has 30 heavy (non-hydrogen) atoms. The number of aliphatic hydroxyl groups excluding tert-OH is 1. The highest BCUT2D eigenvalue weighted by Crippen LogP contribution is 2.40. The van der Waals surface area contributed by atoms with Gasteiger partial charge in [-0.05, 0) is 18.6 Å². The van der Waals surface area contributed by atoms with Crippen molar-refractivity contribution in [2.24, 2.45) is 0 Å². The molecule has 2 aromatic carbocycles. The van der Waals surface area contributed by atoms with Gasteiger partial charge in [0, 0.05) is 30.6 Å². The van der Waals surface area contributed by atoms with Crippen LogP contribution in [0.4, 0.5) is 17.5 Å². The van der Waals surface area contributed by atoms with E-state index in [0.29, 0.717) is 41.2 Å². The lowest BCUT2D eigenvalue weighted by Crippen LogP contribution is -2.13. The van der Waals surface area contributed by atoms with Crippen LogP contribution < -0.4 is 24.8 Å². The van der Waals surface area contributed by atoms with Crippen molar-refractivity contribution in [1.82, 2.24) is 9.97 Å². The zero-order chi connectivity index (χ0) is 21.5. The van der Waals surface area contributed by atoms with Gasteiger partial charge in [-0.2, -0.15) is 4.98 Å². The van der Waals surface area contributed by atoms with Gasteiger partial charge in [-0.15, -0.1) is 0 Å². The van der Waals surface area contributed by atoms with Crippen molar-refractivity contribution in [3.8, 4) is 17.2 Å². The van der Waals surface area contributed by atoms with E-state index in [1.807, 2.05) is 31.2 Å². The summed E-state index contributed by atoms with van der Waals surface area (Å²) in [5.74, 6) is 2.53. The fourth-order valence-corrected chi connectivity index (χ4v) is 2.91. The number of rotatable bonds is 9. The van der Waals surface area contributed by atoms with Crippen LogP contribution in [0.5, 0.6) is 17.2 Å². The molecule has 0 aliphatic heterocycles. The van der Waals surface area contributed by atoms with Crippen molar-refractivity contribution in [2.45, 2.75) is 13.0 Å². The molecule has 8 nitrogen and oxygen atoms in total. The Morgan fingerprint density at radius 1 is 0.967 bits per heavy atom. The normalized spacial score (nSPS) is 11.5. The first-order valence-electron chi connectivity index (χ1n) is 9.42. The molecular formula is C22H26N4O4. The summed E-state index contributed by atoms with van der Waals surface area (Å²) in [6, 6.07) is 13.1. The summed E-state index contributed by atoms with van der Waals surface area (Å²) < 4.78 is 16.1. The second-order valence-electron chi connectivity index (χ2n) is 6.61. The summed E-state index contributed by atoms with van der Waals surface area (Å²) in [4.78, 5) is 8.69. The third kappa shape index (κ3) is 5.09. The van der Waals surface area contributed by atoms with E-state index in [1.165, 1.54) is 0 Å². The molecule has 0 saturated carbocycles. The third-order valence-electron chi connectivity index (χ3n) is 4.52. The molecule has 3 N–H and O–H groups in total. The van der Waals surface area contributed by atoms with Crippen LogP contribution >= 0.6 is 0 Å². The Hall–Kier alpha value is -3.52. The van der Waals surface area contributed by atoms with E-state index in [9.17, 15) is 5.11 Å². The summed E-state index contributed by atoms with van der Waals surface area (Å²) in [6.07, 6.45) is 0.987. The number of benzene rings is 2. The number of aliphatic hydroxyl groups is 1. The molecule has 0 radical (unpaired) electrons. The summed E-state index contributed by atoms with van der Waals surface area (Å²) >= 11 is 0. The number of nitrogens with one attached hydrogen (secondary N) is 2. The fourth-order valence-electron chi connectivity index (χ4n) is 2.91. The number of hydrogen-bond acceptors (Lipinski definition) is 8. The summed E-state index contributed by atoms with van der Waals surface area (Å²) in [5.41, 5.74) is 2.68. The molecule has 0 spiro atoms. The third-order valence-corrected chi connectivity index (χ3v) is 4.52. The number of aromatic nitrogens is 2. The first kappa shape index (κ1) is 21.2. The molecule has 0 bridgehead atoms.